The van der Waals surface area contributed by atoms with Gasteiger partial charge in [0.15, 0.2) is 5.65 Å². The molecule has 32 heavy (non-hydrogen) atoms. The smallest absolute Gasteiger partial charge is 0.178 e. The van der Waals surface area contributed by atoms with Gasteiger partial charge in [-0.15, -0.1) is 17.5 Å². The summed E-state index contributed by atoms with van der Waals surface area (Å²) in [6.07, 6.45) is 10.7. The van der Waals surface area contributed by atoms with E-state index in [1.54, 1.807) is 0 Å². The van der Waals surface area contributed by atoms with Gasteiger partial charge in [-0.25, -0.2) is 9.50 Å². The molecule has 0 aliphatic carbocycles. The molecule has 0 bridgehead atoms. The second-order valence-corrected chi connectivity index (χ2v) is 8.65. The van der Waals surface area contributed by atoms with E-state index in [0.29, 0.717) is 12.1 Å². The first kappa shape index (κ1) is 21.0. The summed E-state index contributed by atoms with van der Waals surface area (Å²) >= 11 is 0. The molecule has 0 atom stereocenters. The van der Waals surface area contributed by atoms with Gasteiger partial charge >= 0.3 is 0 Å². The molecule has 6 heterocycles. The van der Waals surface area contributed by atoms with Crippen molar-refractivity contribution in [2.75, 3.05) is 31.1 Å². The normalized spacial score (nSPS) is 17.8. The van der Waals surface area contributed by atoms with E-state index in [2.05, 4.69) is 43.7 Å². The molecule has 0 radical (unpaired) electrons. The number of fused-ring (bicyclic) bond motifs is 3. The minimum absolute atomic E-state index is 0. The first-order chi connectivity index (χ1) is 15.2. The largest absolute Gasteiger partial charge is 0.492 e. The van der Waals surface area contributed by atoms with E-state index < -0.39 is 0 Å². The summed E-state index contributed by atoms with van der Waals surface area (Å²) in [6.45, 7) is 5.87. The second kappa shape index (κ2) is 8.26. The average Bonchev–Trinajstić information content (AvgIpc) is 3.51. The van der Waals surface area contributed by atoms with Gasteiger partial charge < -0.3 is 15.0 Å². The Labute approximate surface area is 192 Å². The predicted molar refractivity (Wildman–Crippen MR) is 128 cm³/mol. The maximum absolute atomic E-state index is 5.79. The Morgan fingerprint density at radius 3 is 2.75 bits per heavy atom. The third-order valence-corrected chi connectivity index (χ3v) is 6.85. The molecule has 2 aliphatic heterocycles. The Balaban J connectivity index is 0.00000216. The van der Waals surface area contributed by atoms with Crippen LogP contribution in [-0.4, -0.2) is 56.6 Å². The lowest BCUT2D eigenvalue weighted by atomic mass is 9.86. The van der Waals surface area contributed by atoms with Crippen molar-refractivity contribution in [3.8, 4) is 16.9 Å². The molecule has 9 heteroatoms. The van der Waals surface area contributed by atoms with Gasteiger partial charge in [0.25, 0.3) is 0 Å². The van der Waals surface area contributed by atoms with Crippen molar-refractivity contribution >= 4 is 34.8 Å². The molecule has 2 saturated heterocycles. The lowest BCUT2D eigenvalue weighted by molar-refractivity contribution is 0.296. The molecule has 0 saturated carbocycles. The summed E-state index contributed by atoms with van der Waals surface area (Å²) in [5.74, 6) is 1.84. The second-order valence-electron chi connectivity index (χ2n) is 8.65. The van der Waals surface area contributed by atoms with E-state index in [4.69, 9.17) is 9.72 Å². The van der Waals surface area contributed by atoms with Crippen LogP contribution < -0.4 is 15.0 Å². The van der Waals surface area contributed by atoms with Crippen molar-refractivity contribution in [3.63, 3.8) is 0 Å². The number of hydrogen-bond donors (Lipinski definition) is 2. The van der Waals surface area contributed by atoms with Gasteiger partial charge in [0.1, 0.15) is 11.6 Å². The van der Waals surface area contributed by atoms with E-state index in [-0.39, 0.29) is 12.4 Å². The zero-order valence-electron chi connectivity index (χ0n) is 18.2. The van der Waals surface area contributed by atoms with E-state index in [1.165, 1.54) is 32.2 Å². The molecule has 1 spiro atoms. The van der Waals surface area contributed by atoms with Crippen LogP contribution in [0.15, 0.2) is 36.8 Å². The van der Waals surface area contributed by atoms with E-state index in [0.717, 1.165) is 52.3 Å². The molecule has 2 aliphatic rings. The fourth-order valence-corrected chi connectivity index (χ4v) is 5.20. The van der Waals surface area contributed by atoms with Crippen molar-refractivity contribution in [2.45, 2.75) is 38.1 Å². The SMILES string of the molecule is CCOc1cc(-c2ccc(N3CCC4(CCCN4)CC3)nc2)c2c3cn[nH]c3nn2c1.Cl. The molecule has 2 N–H and O–H groups in total. The number of piperidine rings is 1. The van der Waals surface area contributed by atoms with Crippen LogP contribution in [0.25, 0.3) is 27.7 Å². The number of nitrogens with one attached hydrogen (secondary N) is 2. The first-order valence-corrected chi connectivity index (χ1v) is 11.2. The van der Waals surface area contributed by atoms with Crippen LogP contribution in [0.5, 0.6) is 5.75 Å². The van der Waals surface area contributed by atoms with Crippen molar-refractivity contribution in [1.29, 1.82) is 0 Å². The topological polar surface area (TPSA) is 83.4 Å². The van der Waals surface area contributed by atoms with Crippen LogP contribution in [0.1, 0.15) is 32.6 Å². The molecule has 0 amide bonds. The highest BCUT2D eigenvalue weighted by molar-refractivity contribution is 6.00. The maximum atomic E-state index is 5.79. The highest BCUT2D eigenvalue weighted by Crippen LogP contribution is 2.35. The minimum atomic E-state index is 0. The van der Waals surface area contributed by atoms with Crippen LogP contribution in [0.3, 0.4) is 0 Å². The maximum Gasteiger partial charge on any atom is 0.178 e. The summed E-state index contributed by atoms with van der Waals surface area (Å²) in [6, 6.07) is 6.37. The number of pyridine rings is 2. The Hall–Kier alpha value is -2.84. The number of anilines is 1. The Morgan fingerprint density at radius 2 is 2.03 bits per heavy atom. The Bertz CT molecular complexity index is 1220. The summed E-state index contributed by atoms with van der Waals surface area (Å²) in [7, 11) is 0. The number of aromatic nitrogens is 5. The lowest BCUT2D eigenvalue weighted by Crippen LogP contribution is -2.50. The third-order valence-electron chi connectivity index (χ3n) is 6.85. The van der Waals surface area contributed by atoms with Crippen molar-refractivity contribution in [1.82, 2.24) is 30.1 Å². The summed E-state index contributed by atoms with van der Waals surface area (Å²) in [4.78, 5) is 7.25. The molecule has 0 unspecified atom stereocenters. The van der Waals surface area contributed by atoms with Crippen molar-refractivity contribution in [2.24, 2.45) is 0 Å². The molecule has 0 aromatic carbocycles. The van der Waals surface area contributed by atoms with E-state index >= 15 is 0 Å². The number of rotatable bonds is 4. The number of halogens is 1. The standard InChI is InChI=1S/C23H27N7O.ClH/c1-2-31-17-12-18(21-19-14-26-27-22(19)28-30(21)15-17)16-4-5-20(24-13-16)29-10-7-23(8-11-29)6-3-9-25-23;/h4-5,12-15,25H,2-3,6-11H2,1H3,(H,27,28);1H. The molecule has 6 rings (SSSR count). The van der Waals surface area contributed by atoms with Gasteiger partial charge in [0.2, 0.25) is 0 Å². The monoisotopic (exact) mass is 453 g/mol. The van der Waals surface area contributed by atoms with Crippen molar-refractivity contribution < 1.29 is 4.74 Å². The lowest BCUT2D eigenvalue weighted by Gasteiger charge is -2.40. The number of nitrogens with zero attached hydrogens (tertiary/aromatic N) is 5. The number of aromatic amines is 1. The number of H-pyrrole nitrogens is 1. The zero-order valence-corrected chi connectivity index (χ0v) is 19.0. The van der Waals surface area contributed by atoms with Crippen LogP contribution in [-0.2, 0) is 0 Å². The Kier molecular flexibility index (Phi) is 5.43. The summed E-state index contributed by atoms with van der Waals surface area (Å²) in [5.41, 5.74) is 4.24. The quantitative estimate of drug-likeness (QED) is 0.488. The van der Waals surface area contributed by atoms with E-state index in [1.807, 2.05) is 30.0 Å². The molecular weight excluding hydrogens is 426 g/mol. The van der Waals surface area contributed by atoms with Crippen LogP contribution >= 0.6 is 12.4 Å². The van der Waals surface area contributed by atoms with Gasteiger partial charge in [-0.1, -0.05) is 0 Å². The highest BCUT2D eigenvalue weighted by Gasteiger charge is 2.36. The third kappa shape index (κ3) is 3.47. The van der Waals surface area contributed by atoms with Crippen molar-refractivity contribution in [3.05, 3.63) is 36.8 Å². The summed E-state index contributed by atoms with van der Waals surface area (Å²) in [5, 5.41) is 16.5. The van der Waals surface area contributed by atoms with Crippen LogP contribution in [0.2, 0.25) is 0 Å². The van der Waals surface area contributed by atoms with Crippen LogP contribution in [0, 0.1) is 0 Å². The average molecular weight is 454 g/mol. The fraction of sp³-hybridized carbons (Fsp3) is 0.435. The van der Waals surface area contributed by atoms with Gasteiger partial charge in [0, 0.05) is 36.0 Å². The zero-order chi connectivity index (χ0) is 20.8. The molecule has 2 fully saturated rings. The predicted octanol–water partition coefficient (Wildman–Crippen LogP) is 3.82. The molecule has 168 valence electrons. The number of hydrogen-bond acceptors (Lipinski definition) is 6. The number of ether oxygens (including phenoxy) is 1. The minimum Gasteiger partial charge on any atom is -0.492 e. The molecular formula is C23H28ClN7O. The van der Waals surface area contributed by atoms with Crippen LogP contribution in [0.4, 0.5) is 5.82 Å². The highest BCUT2D eigenvalue weighted by atomic mass is 35.5. The fourth-order valence-electron chi connectivity index (χ4n) is 5.20. The van der Waals surface area contributed by atoms with Gasteiger partial charge in [-0.3, -0.25) is 5.10 Å². The van der Waals surface area contributed by atoms with Gasteiger partial charge in [0.05, 0.1) is 29.9 Å². The summed E-state index contributed by atoms with van der Waals surface area (Å²) < 4.78 is 7.66. The molecule has 4 aromatic heterocycles. The van der Waals surface area contributed by atoms with E-state index in [9.17, 15) is 0 Å². The first-order valence-electron chi connectivity index (χ1n) is 11.2. The van der Waals surface area contributed by atoms with Gasteiger partial charge in [-0.2, -0.15) is 5.10 Å². The molecule has 8 nitrogen and oxygen atoms in total. The Morgan fingerprint density at radius 1 is 1.16 bits per heavy atom. The molecule has 4 aromatic rings. The van der Waals surface area contributed by atoms with Gasteiger partial charge in [-0.05, 0) is 57.4 Å².